The lowest BCUT2D eigenvalue weighted by Gasteiger charge is -2.32. The molecule has 1 aliphatic heterocycles. The van der Waals surface area contributed by atoms with Crippen molar-refractivity contribution < 1.29 is 8.78 Å². The van der Waals surface area contributed by atoms with Crippen molar-refractivity contribution in [3.05, 3.63) is 59.7 Å². The summed E-state index contributed by atoms with van der Waals surface area (Å²) in [6.07, 6.45) is 15.2. The van der Waals surface area contributed by atoms with E-state index >= 15 is 0 Å². The molecule has 0 N–H and O–H groups in total. The van der Waals surface area contributed by atoms with Crippen LogP contribution in [0.5, 0.6) is 0 Å². The highest BCUT2D eigenvalue weighted by atomic mass is 28.3. The lowest BCUT2D eigenvalue weighted by molar-refractivity contribution is 0.280. The van der Waals surface area contributed by atoms with Crippen LogP contribution in [0.2, 0.25) is 18.1 Å². The van der Waals surface area contributed by atoms with Gasteiger partial charge in [0.15, 0.2) is 0 Å². The quantitative estimate of drug-likeness (QED) is 0.254. The van der Waals surface area contributed by atoms with Gasteiger partial charge >= 0.3 is 0 Å². The molecule has 0 atom stereocenters. The van der Waals surface area contributed by atoms with Gasteiger partial charge in [-0.3, -0.25) is 0 Å². The molecule has 2 aliphatic rings. The minimum atomic E-state index is -0.376. The van der Waals surface area contributed by atoms with Crippen LogP contribution in [0, 0.1) is 23.5 Å². The van der Waals surface area contributed by atoms with Crippen LogP contribution in [0.1, 0.15) is 89.0 Å². The maximum atomic E-state index is 14.8. The third kappa shape index (κ3) is 7.01. The average Bonchev–Trinajstić information content (AvgIpc) is 2.85. The van der Waals surface area contributed by atoms with Crippen LogP contribution >= 0.6 is 0 Å². The Morgan fingerprint density at radius 1 is 0.788 bits per heavy atom. The summed E-state index contributed by atoms with van der Waals surface area (Å²) in [7, 11) is -0.376. The summed E-state index contributed by atoms with van der Waals surface area (Å²) in [6.45, 7) is 2.32. The van der Waals surface area contributed by atoms with E-state index in [1.54, 1.807) is 36.3 Å². The number of unbranched alkanes of at least 4 members (excludes halogenated alkanes) is 2. The van der Waals surface area contributed by atoms with E-state index in [1.807, 2.05) is 6.07 Å². The molecule has 0 aromatic heterocycles. The largest absolute Gasteiger partial charge is 0.207 e. The maximum absolute atomic E-state index is 14.8. The molecular weight excluding hydrogens is 426 g/mol. The van der Waals surface area contributed by atoms with Gasteiger partial charge < -0.3 is 0 Å². The molecule has 0 unspecified atom stereocenters. The lowest BCUT2D eigenvalue weighted by atomic mass is 9.76. The summed E-state index contributed by atoms with van der Waals surface area (Å²) in [6, 6.07) is 16.6. The highest BCUT2D eigenvalue weighted by molar-refractivity contribution is 6.58. The highest BCUT2D eigenvalue weighted by Gasteiger charge is 2.26. The molecule has 180 valence electrons. The molecule has 2 fully saturated rings. The number of hydrogen-bond acceptors (Lipinski definition) is 0. The van der Waals surface area contributed by atoms with E-state index in [4.69, 9.17) is 0 Å². The monoisotopic (exact) mass is 468 g/mol. The van der Waals surface area contributed by atoms with E-state index in [-0.39, 0.29) is 20.4 Å². The normalized spacial score (nSPS) is 25.8. The van der Waals surface area contributed by atoms with Crippen molar-refractivity contribution in [2.45, 2.75) is 102 Å². The Morgan fingerprint density at radius 3 is 2.09 bits per heavy atom. The van der Waals surface area contributed by atoms with Crippen molar-refractivity contribution in [1.82, 2.24) is 0 Å². The van der Waals surface area contributed by atoms with E-state index in [2.05, 4.69) is 13.0 Å². The zero-order chi connectivity index (χ0) is 23.0. The molecule has 1 saturated heterocycles. The van der Waals surface area contributed by atoms with Crippen molar-refractivity contribution in [3.8, 4) is 11.1 Å². The van der Waals surface area contributed by atoms with Crippen LogP contribution in [-0.4, -0.2) is 8.80 Å². The molecule has 4 rings (SSSR count). The van der Waals surface area contributed by atoms with E-state index in [0.29, 0.717) is 11.5 Å². The van der Waals surface area contributed by atoms with Gasteiger partial charge in [-0.25, -0.2) is 8.78 Å². The first kappa shape index (κ1) is 24.6. The fraction of sp³-hybridized carbons (Fsp3) is 0.600. The zero-order valence-corrected chi connectivity index (χ0v) is 21.7. The zero-order valence-electron chi connectivity index (χ0n) is 20.5. The average molecular weight is 469 g/mol. The van der Waals surface area contributed by atoms with Crippen molar-refractivity contribution in [1.29, 1.82) is 0 Å². The van der Waals surface area contributed by atoms with Gasteiger partial charge in [0.25, 0.3) is 0 Å². The minimum absolute atomic E-state index is 0.185. The standard InChI is InChI=1S/C30H42F2Si/c1-2-3-4-19-33-20-17-24(18-21-33)6-5-23-7-9-25(10-8-23)27-13-16-29(30(32)22-27)26-11-14-28(31)15-12-26/h11-16,22-25,33H,2-10,17-21H2,1H3/t23?,24-,25?,33-. The molecule has 1 saturated carbocycles. The van der Waals surface area contributed by atoms with Crippen molar-refractivity contribution >= 4 is 8.80 Å². The van der Waals surface area contributed by atoms with Crippen LogP contribution in [0.3, 0.4) is 0 Å². The first-order valence-corrected chi connectivity index (χ1v) is 16.1. The van der Waals surface area contributed by atoms with Gasteiger partial charge in [0.1, 0.15) is 11.6 Å². The van der Waals surface area contributed by atoms with Gasteiger partial charge in [-0.15, -0.1) is 0 Å². The predicted molar refractivity (Wildman–Crippen MR) is 140 cm³/mol. The number of rotatable bonds is 9. The van der Waals surface area contributed by atoms with Gasteiger partial charge in [0.2, 0.25) is 0 Å². The lowest BCUT2D eigenvalue weighted by Crippen LogP contribution is -2.22. The molecule has 1 heterocycles. The molecule has 0 radical (unpaired) electrons. The topological polar surface area (TPSA) is 0 Å². The number of benzene rings is 2. The predicted octanol–water partition coefficient (Wildman–Crippen LogP) is 9.51. The second-order valence-corrected chi connectivity index (χ2v) is 14.4. The van der Waals surface area contributed by atoms with Gasteiger partial charge in [-0.2, -0.15) is 0 Å². The highest BCUT2D eigenvalue weighted by Crippen LogP contribution is 2.40. The smallest absolute Gasteiger partial charge is 0.131 e. The van der Waals surface area contributed by atoms with Gasteiger partial charge in [-0.05, 0) is 72.8 Å². The Kier molecular flexibility index (Phi) is 9.17. The molecule has 0 bridgehead atoms. The van der Waals surface area contributed by atoms with Gasteiger partial charge in [0, 0.05) is 14.4 Å². The summed E-state index contributed by atoms with van der Waals surface area (Å²) in [4.78, 5) is 0. The summed E-state index contributed by atoms with van der Waals surface area (Å²) in [5, 5.41) is 0. The van der Waals surface area contributed by atoms with Gasteiger partial charge in [0.05, 0.1) is 0 Å². The number of halogens is 2. The van der Waals surface area contributed by atoms with Crippen molar-refractivity contribution in [3.63, 3.8) is 0 Å². The first-order valence-electron chi connectivity index (χ1n) is 13.7. The fourth-order valence-corrected chi connectivity index (χ4v) is 10.0. The second-order valence-electron chi connectivity index (χ2n) is 10.9. The van der Waals surface area contributed by atoms with Crippen LogP contribution in [0.15, 0.2) is 42.5 Å². The molecule has 0 spiro atoms. The van der Waals surface area contributed by atoms with E-state index in [0.717, 1.165) is 23.0 Å². The van der Waals surface area contributed by atoms with Crippen molar-refractivity contribution in [2.75, 3.05) is 0 Å². The van der Waals surface area contributed by atoms with E-state index < -0.39 is 0 Å². The summed E-state index contributed by atoms with van der Waals surface area (Å²) in [5.41, 5.74) is 2.44. The van der Waals surface area contributed by atoms with E-state index in [1.165, 1.54) is 82.8 Å². The summed E-state index contributed by atoms with van der Waals surface area (Å²) >= 11 is 0. The molecule has 1 aliphatic carbocycles. The van der Waals surface area contributed by atoms with E-state index in [9.17, 15) is 8.78 Å². The summed E-state index contributed by atoms with van der Waals surface area (Å²) < 4.78 is 28.0. The minimum Gasteiger partial charge on any atom is -0.207 e. The van der Waals surface area contributed by atoms with Crippen LogP contribution in [0.25, 0.3) is 11.1 Å². The first-order chi connectivity index (χ1) is 16.1. The third-order valence-corrected chi connectivity index (χ3v) is 12.2. The molecular formula is C30H42F2Si. The Hall–Kier alpha value is -1.48. The number of hydrogen-bond donors (Lipinski definition) is 0. The third-order valence-electron chi connectivity index (χ3n) is 8.63. The molecule has 2 aromatic carbocycles. The summed E-state index contributed by atoms with van der Waals surface area (Å²) in [5.74, 6) is 1.90. The Balaban J connectivity index is 1.19. The van der Waals surface area contributed by atoms with Crippen molar-refractivity contribution in [2.24, 2.45) is 11.8 Å². The fourth-order valence-electron chi connectivity index (χ4n) is 6.40. The van der Waals surface area contributed by atoms with Crippen LogP contribution in [0.4, 0.5) is 8.78 Å². The maximum Gasteiger partial charge on any atom is 0.131 e. The Bertz CT molecular complexity index is 846. The second kappa shape index (κ2) is 12.3. The van der Waals surface area contributed by atoms with Gasteiger partial charge in [-0.1, -0.05) is 94.3 Å². The molecule has 33 heavy (non-hydrogen) atoms. The van der Waals surface area contributed by atoms with Crippen LogP contribution < -0.4 is 0 Å². The molecule has 2 aromatic rings. The Labute approximate surface area is 201 Å². The molecule has 0 nitrogen and oxygen atoms in total. The SMILES string of the molecule is CCCCC[Si@H]1CC[C@H](CCC2CCC(c3ccc(-c4ccc(F)cc4)c(F)c3)CC2)CC1. The molecule has 3 heteroatoms. The molecule has 0 amide bonds. The van der Waals surface area contributed by atoms with Crippen LogP contribution in [-0.2, 0) is 0 Å². The Morgan fingerprint density at radius 2 is 1.45 bits per heavy atom.